The Kier molecular flexibility index (Phi) is 5.05. The van der Waals surface area contributed by atoms with Crippen LogP contribution in [0.1, 0.15) is 26.7 Å². The molecule has 1 amide bonds. The lowest BCUT2D eigenvalue weighted by atomic mass is 10.3. The van der Waals surface area contributed by atoms with E-state index in [1.807, 2.05) is 4.90 Å². The molecule has 2 N–H and O–H groups in total. The molecule has 0 radical (unpaired) electrons. The maximum absolute atomic E-state index is 11.5. The number of carbonyl (C=O) groups is 1. The van der Waals surface area contributed by atoms with E-state index >= 15 is 0 Å². The zero-order chi connectivity index (χ0) is 11.3. The number of rotatable bonds is 6. The Morgan fingerprint density at radius 3 is 2.67 bits per heavy atom. The van der Waals surface area contributed by atoms with Crippen LogP contribution < -0.4 is 5.73 Å². The first-order valence-electron chi connectivity index (χ1n) is 5.93. The van der Waals surface area contributed by atoms with E-state index in [0.717, 1.165) is 32.7 Å². The minimum Gasteiger partial charge on any atom is -0.340 e. The molecule has 88 valence electrons. The summed E-state index contributed by atoms with van der Waals surface area (Å²) in [4.78, 5) is 15.7. The summed E-state index contributed by atoms with van der Waals surface area (Å²) in [6, 6.07) is 0.0544. The first kappa shape index (κ1) is 12.5. The summed E-state index contributed by atoms with van der Waals surface area (Å²) < 4.78 is 0. The fourth-order valence-corrected chi connectivity index (χ4v) is 2.03. The summed E-state index contributed by atoms with van der Waals surface area (Å²) in [6.45, 7) is 9.06. The van der Waals surface area contributed by atoms with E-state index in [2.05, 4.69) is 18.7 Å². The molecule has 0 bridgehead atoms. The predicted molar refractivity (Wildman–Crippen MR) is 61.6 cm³/mol. The molecule has 1 rings (SSSR count). The standard InChI is InChI=1S/C11H23N3O/c1-3-5-13(4-2)6-7-14-9-10(12)8-11(14)15/h10H,3-9,12H2,1-2H3. The topological polar surface area (TPSA) is 49.6 Å². The van der Waals surface area contributed by atoms with Gasteiger partial charge in [0.05, 0.1) is 0 Å². The number of nitrogens with zero attached hydrogens (tertiary/aromatic N) is 2. The summed E-state index contributed by atoms with van der Waals surface area (Å²) in [7, 11) is 0. The molecule has 1 unspecified atom stereocenters. The van der Waals surface area contributed by atoms with E-state index in [4.69, 9.17) is 5.73 Å². The van der Waals surface area contributed by atoms with Gasteiger partial charge < -0.3 is 15.5 Å². The lowest BCUT2D eigenvalue weighted by Crippen LogP contribution is -2.37. The molecule has 1 heterocycles. The maximum atomic E-state index is 11.5. The van der Waals surface area contributed by atoms with Gasteiger partial charge in [0.2, 0.25) is 5.91 Å². The van der Waals surface area contributed by atoms with Crippen LogP contribution in [-0.2, 0) is 4.79 Å². The van der Waals surface area contributed by atoms with Gasteiger partial charge in [0, 0.05) is 32.1 Å². The van der Waals surface area contributed by atoms with Gasteiger partial charge in [-0.15, -0.1) is 0 Å². The molecular formula is C11H23N3O. The second-order valence-electron chi connectivity index (χ2n) is 4.24. The third kappa shape index (κ3) is 3.80. The molecule has 0 aromatic carbocycles. The van der Waals surface area contributed by atoms with Gasteiger partial charge in [0.15, 0.2) is 0 Å². The SMILES string of the molecule is CCCN(CC)CCN1CC(N)CC1=O. The van der Waals surface area contributed by atoms with E-state index in [-0.39, 0.29) is 11.9 Å². The number of hydrogen-bond donors (Lipinski definition) is 1. The Hall–Kier alpha value is -0.610. The van der Waals surface area contributed by atoms with Crippen molar-refractivity contribution in [2.75, 3.05) is 32.7 Å². The minimum absolute atomic E-state index is 0.0544. The third-order valence-corrected chi connectivity index (χ3v) is 2.92. The van der Waals surface area contributed by atoms with Crippen molar-refractivity contribution in [1.29, 1.82) is 0 Å². The van der Waals surface area contributed by atoms with Crippen molar-refractivity contribution >= 4 is 5.91 Å². The van der Waals surface area contributed by atoms with Gasteiger partial charge in [0.25, 0.3) is 0 Å². The number of amides is 1. The van der Waals surface area contributed by atoms with Gasteiger partial charge in [-0.25, -0.2) is 0 Å². The molecule has 1 aliphatic heterocycles. The molecule has 1 aliphatic rings. The molecule has 1 saturated heterocycles. The molecule has 15 heavy (non-hydrogen) atoms. The van der Waals surface area contributed by atoms with Crippen molar-refractivity contribution in [2.24, 2.45) is 5.73 Å². The van der Waals surface area contributed by atoms with Crippen molar-refractivity contribution in [2.45, 2.75) is 32.7 Å². The largest absolute Gasteiger partial charge is 0.340 e. The average molecular weight is 213 g/mol. The van der Waals surface area contributed by atoms with Crippen LogP contribution in [0.4, 0.5) is 0 Å². The first-order chi connectivity index (χ1) is 7.17. The zero-order valence-corrected chi connectivity index (χ0v) is 9.91. The van der Waals surface area contributed by atoms with Gasteiger partial charge in [-0.1, -0.05) is 13.8 Å². The van der Waals surface area contributed by atoms with Crippen LogP contribution in [0.5, 0.6) is 0 Å². The second kappa shape index (κ2) is 6.08. The highest BCUT2D eigenvalue weighted by molar-refractivity contribution is 5.79. The predicted octanol–water partition coefficient (Wildman–Crippen LogP) is 0.278. The quantitative estimate of drug-likeness (QED) is 0.689. The minimum atomic E-state index is 0.0544. The number of nitrogens with two attached hydrogens (primary N) is 1. The molecular weight excluding hydrogens is 190 g/mol. The van der Waals surface area contributed by atoms with Crippen LogP contribution in [-0.4, -0.2) is 54.5 Å². The van der Waals surface area contributed by atoms with Crippen LogP contribution in [0.2, 0.25) is 0 Å². The van der Waals surface area contributed by atoms with Crippen molar-refractivity contribution < 1.29 is 4.79 Å². The summed E-state index contributed by atoms with van der Waals surface area (Å²) in [5.74, 6) is 0.218. The Morgan fingerprint density at radius 1 is 1.47 bits per heavy atom. The van der Waals surface area contributed by atoms with Gasteiger partial charge in [-0.05, 0) is 19.5 Å². The van der Waals surface area contributed by atoms with E-state index < -0.39 is 0 Å². The molecule has 4 nitrogen and oxygen atoms in total. The number of carbonyl (C=O) groups excluding carboxylic acids is 1. The van der Waals surface area contributed by atoms with Gasteiger partial charge in [-0.2, -0.15) is 0 Å². The Balaban J connectivity index is 2.26. The highest BCUT2D eigenvalue weighted by Gasteiger charge is 2.26. The molecule has 4 heteroatoms. The molecule has 1 atom stereocenters. The van der Waals surface area contributed by atoms with E-state index in [1.54, 1.807) is 0 Å². The van der Waals surface area contributed by atoms with Crippen molar-refractivity contribution in [3.05, 3.63) is 0 Å². The van der Waals surface area contributed by atoms with Gasteiger partial charge >= 0.3 is 0 Å². The first-order valence-corrected chi connectivity index (χ1v) is 5.93. The molecule has 0 spiro atoms. The zero-order valence-electron chi connectivity index (χ0n) is 9.91. The Labute approximate surface area is 92.4 Å². The van der Waals surface area contributed by atoms with Crippen LogP contribution in [0, 0.1) is 0 Å². The summed E-state index contributed by atoms with van der Waals surface area (Å²) in [5, 5.41) is 0. The second-order valence-corrected chi connectivity index (χ2v) is 4.24. The molecule has 0 aliphatic carbocycles. The van der Waals surface area contributed by atoms with Crippen LogP contribution in [0.15, 0.2) is 0 Å². The van der Waals surface area contributed by atoms with Crippen molar-refractivity contribution in [1.82, 2.24) is 9.80 Å². The highest BCUT2D eigenvalue weighted by Crippen LogP contribution is 2.08. The smallest absolute Gasteiger partial charge is 0.224 e. The monoisotopic (exact) mass is 213 g/mol. The van der Waals surface area contributed by atoms with E-state index in [9.17, 15) is 4.79 Å². The summed E-state index contributed by atoms with van der Waals surface area (Å²) >= 11 is 0. The maximum Gasteiger partial charge on any atom is 0.224 e. The summed E-state index contributed by atoms with van der Waals surface area (Å²) in [6.07, 6.45) is 1.70. The normalized spacial score (nSPS) is 21.7. The van der Waals surface area contributed by atoms with Crippen LogP contribution in [0.25, 0.3) is 0 Å². The molecule has 0 aromatic heterocycles. The number of hydrogen-bond acceptors (Lipinski definition) is 3. The fourth-order valence-electron chi connectivity index (χ4n) is 2.03. The summed E-state index contributed by atoms with van der Waals surface area (Å²) in [5.41, 5.74) is 5.74. The van der Waals surface area contributed by atoms with E-state index in [1.165, 1.54) is 6.42 Å². The van der Waals surface area contributed by atoms with Crippen molar-refractivity contribution in [3.8, 4) is 0 Å². The molecule has 0 saturated carbocycles. The van der Waals surface area contributed by atoms with Gasteiger partial charge in [0.1, 0.15) is 0 Å². The van der Waals surface area contributed by atoms with Crippen LogP contribution >= 0.6 is 0 Å². The third-order valence-electron chi connectivity index (χ3n) is 2.92. The average Bonchev–Trinajstić information content (AvgIpc) is 2.52. The Morgan fingerprint density at radius 2 is 2.20 bits per heavy atom. The number of likely N-dealkylation sites (tertiary alicyclic amines) is 1. The lowest BCUT2D eigenvalue weighted by Gasteiger charge is -2.23. The number of likely N-dealkylation sites (N-methyl/N-ethyl adjacent to an activating group) is 1. The Bertz CT molecular complexity index is 208. The fraction of sp³-hybridized carbons (Fsp3) is 0.909. The van der Waals surface area contributed by atoms with Gasteiger partial charge in [-0.3, -0.25) is 4.79 Å². The molecule has 0 aromatic rings. The lowest BCUT2D eigenvalue weighted by molar-refractivity contribution is -0.127. The molecule has 1 fully saturated rings. The van der Waals surface area contributed by atoms with Crippen molar-refractivity contribution in [3.63, 3.8) is 0 Å². The van der Waals surface area contributed by atoms with E-state index in [0.29, 0.717) is 6.42 Å². The van der Waals surface area contributed by atoms with Crippen LogP contribution in [0.3, 0.4) is 0 Å². The highest BCUT2D eigenvalue weighted by atomic mass is 16.2.